The molecule has 2 unspecified atom stereocenters. The average molecular weight is 177 g/mol. The number of hydrogen-bond donors (Lipinski definition) is 0. The fraction of sp³-hybridized carbons (Fsp3) is 0.833. The predicted octanol–water partition coefficient (Wildman–Crippen LogP) is 2.27. The number of hydrogen-bond acceptors (Lipinski definition) is 1. The topological polar surface area (TPSA) is 3.24 Å². The molecule has 0 aromatic rings. The summed E-state index contributed by atoms with van der Waals surface area (Å²) in [5.41, 5.74) is 0. The second kappa shape index (κ2) is 4.15. The monoisotopic (exact) mass is 177 g/mol. The van der Waals surface area contributed by atoms with Crippen molar-refractivity contribution >= 4 is 0 Å². The minimum absolute atomic E-state index is 0.891. The van der Waals surface area contributed by atoms with Gasteiger partial charge in [-0.3, -0.25) is 4.90 Å². The molecule has 1 heteroatoms. The van der Waals surface area contributed by atoms with Crippen molar-refractivity contribution in [1.29, 1.82) is 0 Å². The second-order valence-corrected chi connectivity index (χ2v) is 4.39. The number of fused-ring (bicyclic) bond motifs is 1. The van der Waals surface area contributed by atoms with Crippen LogP contribution in [-0.4, -0.2) is 24.0 Å². The van der Waals surface area contributed by atoms with E-state index in [4.69, 9.17) is 6.42 Å². The van der Waals surface area contributed by atoms with Crippen LogP contribution >= 0.6 is 0 Å². The molecule has 1 aliphatic heterocycles. The van der Waals surface area contributed by atoms with Gasteiger partial charge in [0.1, 0.15) is 0 Å². The highest BCUT2D eigenvalue weighted by atomic mass is 15.2. The molecule has 1 saturated heterocycles. The summed E-state index contributed by atoms with van der Waals surface area (Å²) < 4.78 is 0. The highest BCUT2D eigenvalue weighted by Gasteiger charge is 2.34. The van der Waals surface area contributed by atoms with Gasteiger partial charge in [-0.25, -0.2) is 0 Å². The van der Waals surface area contributed by atoms with Crippen molar-refractivity contribution in [3.8, 4) is 12.3 Å². The van der Waals surface area contributed by atoms with Gasteiger partial charge in [-0.05, 0) is 31.7 Å². The third-order valence-corrected chi connectivity index (χ3v) is 3.67. The predicted molar refractivity (Wildman–Crippen MR) is 55.4 cm³/mol. The van der Waals surface area contributed by atoms with E-state index in [-0.39, 0.29) is 0 Å². The number of rotatable bonds is 2. The normalized spacial score (nSPS) is 34.1. The molecule has 1 heterocycles. The maximum absolute atomic E-state index is 5.30. The summed E-state index contributed by atoms with van der Waals surface area (Å²) in [5.74, 6) is 3.75. The van der Waals surface area contributed by atoms with Gasteiger partial charge in [0.05, 0.1) is 0 Å². The number of terminal acetylenes is 1. The molecule has 0 bridgehead atoms. The molecule has 0 spiro atoms. The lowest BCUT2D eigenvalue weighted by molar-refractivity contribution is 0.186. The quantitative estimate of drug-likeness (QED) is 0.585. The number of likely N-dealkylation sites (tertiary alicyclic amines) is 1. The third-order valence-electron chi connectivity index (χ3n) is 3.67. The standard InChI is InChI=1S/C12H19N/c1-2-3-9-13-10-8-11-6-4-5-7-12(11)13/h1,11-12H,3-10H2. The molecule has 2 atom stereocenters. The summed E-state index contributed by atoms with van der Waals surface area (Å²) in [6.07, 6.45) is 13.5. The van der Waals surface area contributed by atoms with Crippen LogP contribution in [0.25, 0.3) is 0 Å². The molecule has 0 N–H and O–H groups in total. The Morgan fingerprint density at radius 1 is 1.23 bits per heavy atom. The van der Waals surface area contributed by atoms with Gasteiger partial charge in [-0.1, -0.05) is 12.8 Å². The van der Waals surface area contributed by atoms with Gasteiger partial charge in [-0.2, -0.15) is 0 Å². The molecule has 2 aliphatic rings. The Morgan fingerprint density at radius 3 is 2.92 bits per heavy atom. The van der Waals surface area contributed by atoms with E-state index < -0.39 is 0 Å². The first-order chi connectivity index (χ1) is 6.42. The first-order valence-corrected chi connectivity index (χ1v) is 5.59. The molecular weight excluding hydrogens is 158 g/mol. The zero-order valence-corrected chi connectivity index (χ0v) is 8.34. The van der Waals surface area contributed by atoms with Crippen LogP contribution in [0.1, 0.15) is 38.5 Å². The molecule has 2 fully saturated rings. The fourth-order valence-electron chi connectivity index (χ4n) is 2.99. The summed E-state index contributed by atoms with van der Waals surface area (Å²) in [7, 11) is 0. The van der Waals surface area contributed by atoms with Gasteiger partial charge in [0.2, 0.25) is 0 Å². The molecule has 2 rings (SSSR count). The summed E-state index contributed by atoms with van der Waals surface area (Å²) in [6, 6.07) is 0.891. The molecule has 1 aliphatic carbocycles. The van der Waals surface area contributed by atoms with E-state index >= 15 is 0 Å². The van der Waals surface area contributed by atoms with Gasteiger partial charge in [-0.15, -0.1) is 12.3 Å². The van der Waals surface area contributed by atoms with E-state index in [0.717, 1.165) is 24.9 Å². The summed E-state index contributed by atoms with van der Waals surface area (Å²) >= 11 is 0. The van der Waals surface area contributed by atoms with Crippen LogP contribution in [0.15, 0.2) is 0 Å². The van der Waals surface area contributed by atoms with E-state index in [9.17, 15) is 0 Å². The maximum Gasteiger partial charge on any atom is 0.0214 e. The zero-order chi connectivity index (χ0) is 9.10. The lowest BCUT2D eigenvalue weighted by atomic mass is 9.85. The van der Waals surface area contributed by atoms with Gasteiger partial charge in [0, 0.05) is 19.0 Å². The van der Waals surface area contributed by atoms with Crippen molar-refractivity contribution < 1.29 is 0 Å². The van der Waals surface area contributed by atoms with Crippen molar-refractivity contribution in [3.05, 3.63) is 0 Å². The van der Waals surface area contributed by atoms with Crippen LogP contribution in [-0.2, 0) is 0 Å². The van der Waals surface area contributed by atoms with Gasteiger partial charge in [0.25, 0.3) is 0 Å². The van der Waals surface area contributed by atoms with Gasteiger partial charge >= 0.3 is 0 Å². The van der Waals surface area contributed by atoms with Crippen molar-refractivity contribution in [2.24, 2.45) is 5.92 Å². The van der Waals surface area contributed by atoms with Crippen LogP contribution in [0.3, 0.4) is 0 Å². The van der Waals surface area contributed by atoms with Crippen LogP contribution in [0.5, 0.6) is 0 Å². The second-order valence-electron chi connectivity index (χ2n) is 4.39. The molecule has 0 amide bonds. The SMILES string of the molecule is C#CCCN1CCC2CCCCC21. The fourth-order valence-corrected chi connectivity index (χ4v) is 2.99. The highest BCUT2D eigenvalue weighted by Crippen LogP contribution is 2.35. The lowest BCUT2D eigenvalue weighted by Crippen LogP contribution is -2.35. The van der Waals surface area contributed by atoms with E-state index in [2.05, 4.69) is 10.8 Å². The average Bonchev–Trinajstić information content (AvgIpc) is 2.58. The zero-order valence-electron chi connectivity index (χ0n) is 8.34. The molecule has 72 valence electrons. The van der Waals surface area contributed by atoms with Crippen molar-refractivity contribution in [2.45, 2.75) is 44.6 Å². The van der Waals surface area contributed by atoms with E-state index in [1.54, 1.807) is 0 Å². The Morgan fingerprint density at radius 2 is 2.08 bits per heavy atom. The van der Waals surface area contributed by atoms with Crippen molar-refractivity contribution in [1.82, 2.24) is 4.90 Å². The molecule has 13 heavy (non-hydrogen) atoms. The molecule has 0 radical (unpaired) electrons. The maximum atomic E-state index is 5.30. The molecule has 0 aromatic heterocycles. The molecule has 1 nitrogen and oxygen atoms in total. The van der Waals surface area contributed by atoms with Gasteiger partial charge in [0.15, 0.2) is 0 Å². The summed E-state index contributed by atoms with van der Waals surface area (Å²) in [6.45, 7) is 2.44. The highest BCUT2D eigenvalue weighted by molar-refractivity contribution is 4.92. The lowest BCUT2D eigenvalue weighted by Gasteiger charge is -2.31. The van der Waals surface area contributed by atoms with E-state index in [1.807, 2.05) is 0 Å². The van der Waals surface area contributed by atoms with Crippen molar-refractivity contribution in [3.63, 3.8) is 0 Å². The smallest absolute Gasteiger partial charge is 0.0214 e. The largest absolute Gasteiger partial charge is 0.299 e. The Kier molecular flexibility index (Phi) is 2.90. The Balaban J connectivity index is 1.88. The molecule has 0 aromatic carbocycles. The van der Waals surface area contributed by atoms with Crippen molar-refractivity contribution in [2.75, 3.05) is 13.1 Å². The van der Waals surface area contributed by atoms with Crippen LogP contribution in [0.4, 0.5) is 0 Å². The summed E-state index contributed by atoms with van der Waals surface area (Å²) in [4.78, 5) is 2.63. The molecule has 1 saturated carbocycles. The summed E-state index contributed by atoms with van der Waals surface area (Å²) in [5, 5.41) is 0. The van der Waals surface area contributed by atoms with Gasteiger partial charge < -0.3 is 0 Å². The van der Waals surface area contributed by atoms with Crippen LogP contribution < -0.4 is 0 Å². The van der Waals surface area contributed by atoms with Crippen LogP contribution in [0, 0.1) is 18.3 Å². The Bertz CT molecular complexity index is 204. The Hall–Kier alpha value is -0.480. The van der Waals surface area contributed by atoms with E-state index in [1.165, 1.54) is 38.6 Å². The molecular formula is C12H19N. The first-order valence-electron chi connectivity index (χ1n) is 5.59. The van der Waals surface area contributed by atoms with E-state index in [0.29, 0.717) is 0 Å². The minimum atomic E-state index is 0.891. The first kappa shape index (κ1) is 9.09. The number of nitrogens with zero attached hydrogens (tertiary/aromatic N) is 1. The van der Waals surface area contributed by atoms with Crippen LogP contribution in [0.2, 0.25) is 0 Å². The third kappa shape index (κ3) is 1.89. The minimum Gasteiger partial charge on any atom is -0.299 e. The Labute approximate surface area is 81.5 Å².